The van der Waals surface area contributed by atoms with Gasteiger partial charge in [-0.2, -0.15) is 5.10 Å². The van der Waals surface area contributed by atoms with E-state index >= 15 is 0 Å². The highest BCUT2D eigenvalue weighted by Crippen LogP contribution is 2.29. The third-order valence-corrected chi connectivity index (χ3v) is 6.10. The van der Waals surface area contributed by atoms with Gasteiger partial charge in [-0.05, 0) is 57.3 Å². The number of amides is 1. The van der Waals surface area contributed by atoms with Crippen LogP contribution in [0.25, 0.3) is 16.6 Å². The molecular formula is C21H25N5O2. The highest BCUT2D eigenvalue weighted by Gasteiger charge is 2.25. The first kappa shape index (κ1) is 17.4. The largest absolute Gasteiger partial charge is 0.339 e. The van der Waals surface area contributed by atoms with Crippen molar-refractivity contribution in [1.82, 2.24) is 24.8 Å². The minimum absolute atomic E-state index is 0.0355. The number of aromatic amines is 1. The van der Waals surface area contributed by atoms with Crippen molar-refractivity contribution in [2.45, 2.75) is 38.0 Å². The first-order valence-corrected chi connectivity index (χ1v) is 10.3. The Morgan fingerprint density at radius 3 is 2.68 bits per heavy atom. The third kappa shape index (κ3) is 2.90. The number of piperidine rings is 2. The van der Waals surface area contributed by atoms with E-state index in [4.69, 9.17) is 5.10 Å². The number of carbonyl (C=O) groups is 1. The molecule has 0 spiro atoms. The molecule has 0 unspecified atom stereocenters. The van der Waals surface area contributed by atoms with Crippen molar-refractivity contribution in [3.05, 3.63) is 45.9 Å². The molecule has 1 amide bonds. The van der Waals surface area contributed by atoms with Crippen molar-refractivity contribution in [1.29, 1.82) is 0 Å². The molecule has 3 aromatic rings. The molecule has 0 aliphatic carbocycles. The number of rotatable bonds is 2. The van der Waals surface area contributed by atoms with Crippen molar-refractivity contribution in [3.8, 4) is 0 Å². The summed E-state index contributed by atoms with van der Waals surface area (Å²) in [5, 5.41) is 8.90. The van der Waals surface area contributed by atoms with Gasteiger partial charge in [0.25, 0.3) is 11.5 Å². The van der Waals surface area contributed by atoms with Gasteiger partial charge in [0, 0.05) is 25.1 Å². The van der Waals surface area contributed by atoms with E-state index < -0.39 is 0 Å². The predicted molar refractivity (Wildman–Crippen MR) is 108 cm³/mol. The van der Waals surface area contributed by atoms with Gasteiger partial charge in [-0.1, -0.05) is 6.07 Å². The van der Waals surface area contributed by atoms with Gasteiger partial charge in [0.05, 0.1) is 22.2 Å². The molecule has 2 N–H and O–H groups in total. The number of carbonyl (C=O) groups excluding carboxylic acids is 1. The highest BCUT2D eigenvalue weighted by atomic mass is 16.2. The van der Waals surface area contributed by atoms with Crippen LogP contribution in [-0.2, 0) is 0 Å². The number of benzene rings is 1. The van der Waals surface area contributed by atoms with E-state index in [1.54, 1.807) is 6.07 Å². The lowest BCUT2D eigenvalue weighted by atomic mass is 9.94. The van der Waals surface area contributed by atoms with Crippen LogP contribution in [0.2, 0.25) is 0 Å². The van der Waals surface area contributed by atoms with E-state index in [2.05, 4.69) is 10.3 Å². The van der Waals surface area contributed by atoms with E-state index in [1.807, 2.05) is 27.6 Å². The number of fused-ring (bicyclic) bond motifs is 3. The molecule has 0 radical (unpaired) electrons. The molecule has 2 fully saturated rings. The number of H-pyrrole nitrogens is 1. The molecule has 2 saturated heterocycles. The molecule has 7 heteroatoms. The zero-order chi connectivity index (χ0) is 19.1. The first-order chi connectivity index (χ1) is 13.7. The van der Waals surface area contributed by atoms with Crippen molar-refractivity contribution in [3.63, 3.8) is 0 Å². The van der Waals surface area contributed by atoms with Crippen LogP contribution in [0.4, 0.5) is 0 Å². The van der Waals surface area contributed by atoms with Crippen molar-refractivity contribution in [2.75, 3.05) is 26.2 Å². The Bertz CT molecular complexity index is 1090. The van der Waals surface area contributed by atoms with Crippen LogP contribution >= 0.6 is 0 Å². The second-order valence-electron chi connectivity index (χ2n) is 7.90. The summed E-state index contributed by atoms with van der Waals surface area (Å²) in [7, 11) is 0. The average Bonchev–Trinajstić information content (AvgIpc) is 3.12. The maximum atomic E-state index is 13.2. The third-order valence-electron chi connectivity index (χ3n) is 6.10. The number of nitrogens with zero attached hydrogens (tertiary/aromatic N) is 3. The Labute approximate surface area is 162 Å². The van der Waals surface area contributed by atoms with Gasteiger partial charge in [-0.3, -0.25) is 9.59 Å². The van der Waals surface area contributed by atoms with E-state index in [0.717, 1.165) is 68.5 Å². The minimum Gasteiger partial charge on any atom is -0.339 e. The van der Waals surface area contributed by atoms with Gasteiger partial charge in [-0.15, -0.1) is 0 Å². The fourth-order valence-corrected chi connectivity index (χ4v) is 4.64. The number of nitrogens with one attached hydrogen (secondary N) is 2. The van der Waals surface area contributed by atoms with Crippen LogP contribution in [0.5, 0.6) is 0 Å². The maximum Gasteiger partial charge on any atom is 0.254 e. The van der Waals surface area contributed by atoms with E-state index in [1.165, 1.54) is 6.42 Å². The fraction of sp³-hybridized carbons (Fsp3) is 0.476. The Morgan fingerprint density at radius 2 is 1.89 bits per heavy atom. The van der Waals surface area contributed by atoms with Crippen LogP contribution in [0.1, 0.15) is 54.1 Å². The summed E-state index contributed by atoms with van der Waals surface area (Å²) in [6, 6.07) is 7.32. The molecule has 4 heterocycles. The summed E-state index contributed by atoms with van der Waals surface area (Å²) in [6.45, 7) is 3.48. The maximum absolute atomic E-state index is 13.2. The van der Waals surface area contributed by atoms with E-state index in [-0.39, 0.29) is 11.5 Å². The first-order valence-electron chi connectivity index (χ1n) is 10.3. The van der Waals surface area contributed by atoms with Gasteiger partial charge >= 0.3 is 0 Å². The monoisotopic (exact) mass is 379 g/mol. The Balaban J connectivity index is 1.69. The SMILES string of the molecule is O=C(c1cccc2nn3c(C4CCNCC4)cc(=O)[nH]c3c12)N1CCCCC1. The molecule has 7 nitrogen and oxygen atoms in total. The molecule has 2 aliphatic rings. The summed E-state index contributed by atoms with van der Waals surface area (Å²) < 4.78 is 1.86. The lowest BCUT2D eigenvalue weighted by Crippen LogP contribution is -2.35. The smallest absolute Gasteiger partial charge is 0.254 e. The molecule has 146 valence electrons. The van der Waals surface area contributed by atoms with Gasteiger partial charge in [-0.25, -0.2) is 4.52 Å². The topological polar surface area (TPSA) is 82.5 Å². The van der Waals surface area contributed by atoms with Crippen molar-refractivity contribution < 1.29 is 4.79 Å². The molecule has 0 atom stereocenters. The van der Waals surface area contributed by atoms with Crippen LogP contribution in [0.3, 0.4) is 0 Å². The van der Waals surface area contributed by atoms with Gasteiger partial charge in [0.1, 0.15) is 5.65 Å². The summed E-state index contributed by atoms with van der Waals surface area (Å²) in [6.07, 6.45) is 5.24. The lowest BCUT2D eigenvalue weighted by molar-refractivity contribution is 0.0726. The van der Waals surface area contributed by atoms with Gasteiger partial charge < -0.3 is 15.2 Å². The number of hydrogen-bond donors (Lipinski definition) is 2. The predicted octanol–water partition coefficient (Wildman–Crippen LogP) is 2.27. The Hall–Kier alpha value is -2.67. The zero-order valence-corrected chi connectivity index (χ0v) is 15.9. The standard InChI is InChI=1S/C21H25N5O2/c27-18-13-17(14-7-9-22-10-8-14)26-20(23-18)19-15(5-4-6-16(19)24-26)21(28)25-11-2-1-3-12-25/h4-6,13-14,22H,1-3,7-12H2,(H,23,27). The molecule has 1 aromatic carbocycles. The normalized spacial score (nSPS) is 18.8. The molecular weight excluding hydrogens is 354 g/mol. The average molecular weight is 379 g/mol. The number of hydrogen-bond acceptors (Lipinski definition) is 4. The van der Waals surface area contributed by atoms with Gasteiger partial charge in [0.2, 0.25) is 0 Å². The van der Waals surface area contributed by atoms with Crippen molar-refractivity contribution >= 4 is 22.5 Å². The lowest BCUT2D eigenvalue weighted by Gasteiger charge is -2.27. The molecule has 0 saturated carbocycles. The summed E-state index contributed by atoms with van der Waals surface area (Å²) in [5.41, 5.74) is 2.82. The summed E-state index contributed by atoms with van der Waals surface area (Å²) in [5.74, 6) is 0.329. The molecule has 0 bridgehead atoms. The fourth-order valence-electron chi connectivity index (χ4n) is 4.64. The van der Waals surface area contributed by atoms with Crippen LogP contribution < -0.4 is 10.9 Å². The second kappa shape index (κ2) is 7.05. The number of aromatic nitrogens is 3. The van der Waals surface area contributed by atoms with Crippen LogP contribution in [0.15, 0.2) is 29.1 Å². The number of likely N-dealkylation sites (tertiary alicyclic amines) is 1. The molecule has 28 heavy (non-hydrogen) atoms. The van der Waals surface area contributed by atoms with E-state index in [9.17, 15) is 9.59 Å². The van der Waals surface area contributed by atoms with Crippen molar-refractivity contribution in [2.24, 2.45) is 0 Å². The Morgan fingerprint density at radius 1 is 1.11 bits per heavy atom. The molecule has 2 aliphatic heterocycles. The summed E-state index contributed by atoms with van der Waals surface area (Å²) in [4.78, 5) is 30.6. The molecule has 2 aromatic heterocycles. The second-order valence-corrected chi connectivity index (χ2v) is 7.90. The van der Waals surface area contributed by atoms with E-state index in [0.29, 0.717) is 17.1 Å². The highest BCUT2D eigenvalue weighted by molar-refractivity contribution is 6.11. The zero-order valence-electron chi connectivity index (χ0n) is 15.9. The quantitative estimate of drug-likeness (QED) is 0.716. The Kier molecular flexibility index (Phi) is 4.39. The van der Waals surface area contributed by atoms with Crippen LogP contribution in [0, 0.1) is 0 Å². The van der Waals surface area contributed by atoms with Gasteiger partial charge in [0.15, 0.2) is 0 Å². The van der Waals surface area contributed by atoms with Crippen LogP contribution in [-0.4, -0.2) is 51.6 Å². The minimum atomic E-state index is -0.136. The molecule has 5 rings (SSSR count). The summed E-state index contributed by atoms with van der Waals surface area (Å²) >= 11 is 0.